The number of nitrogens with one attached hydrogen (secondary N) is 1. The van der Waals surface area contributed by atoms with Crippen LogP contribution in [-0.2, 0) is 9.47 Å². The van der Waals surface area contributed by atoms with Gasteiger partial charge in [0, 0.05) is 36.5 Å². The minimum atomic E-state index is -0.0159. The molecule has 100 valence electrons. The Morgan fingerprint density at radius 2 is 2.22 bits per heavy atom. The van der Waals surface area contributed by atoms with Crippen LogP contribution in [0, 0.1) is 0 Å². The summed E-state index contributed by atoms with van der Waals surface area (Å²) in [7, 11) is 3.30. The summed E-state index contributed by atoms with van der Waals surface area (Å²) in [5, 5.41) is 3.26. The molecule has 0 heterocycles. The van der Waals surface area contributed by atoms with Crippen LogP contribution in [0.5, 0.6) is 0 Å². The van der Waals surface area contributed by atoms with Gasteiger partial charge in [-0.3, -0.25) is 0 Å². The molecule has 1 unspecified atom stereocenters. The first-order valence-corrected chi connectivity index (χ1v) is 6.63. The van der Waals surface area contributed by atoms with Gasteiger partial charge in [-0.15, -0.1) is 0 Å². The van der Waals surface area contributed by atoms with Crippen LogP contribution in [-0.4, -0.2) is 38.5 Å². The maximum atomic E-state index is 5.70. The summed E-state index contributed by atoms with van der Waals surface area (Å²) in [5.74, 6) is 0. The van der Waals surface area contributed by atoms with E-state index in [1.165, 1.54) is 0 Å². The van der Waals surface area contributed by atoms with E-state index in [0.717, 1.165) is 15.7 Å². The van der Waals surface area contributed by atoms with E-state index >= 15 is 0 Å². The molecule has 1 aromatic carbocycles. The lowest BCUT2D eigenvalue weighted by atomic mass is 10.1. The fourth-order valence-corrected chi connectivity index (χ4v) is 2.02. The van der Waals surface area contributed by atoms with Crippen molar-refractivity contribution in [2.45, 2.75) is 6.10 Å². The number of thiocarbonyl (C=S) groups is 1. The number of hydrogen-bond donors (Lipinski definition) is 2. The smallest absolute Gasteiger partial charge is 0.106 e. The lowest BCUT2D eigenvalue weighted by Crippen LogP contribution is -2.27. The van der Waals surface area contributed by atoms with E-state index in [1.54, 1.807) is 14.2 Å². The van der Waals surface area contributed by atoms with Crippen molar-refractivity contribution < 1.29 is 9.47 Å². The molecule has 18 heavy (non-hydrogen) atoms. The van der Waals surface area contributed by atoms with Crippen molar-refractivity contribution in [3.8, 4) is 0 Å². The summed E-state index contributed by atoms with van der Waals surface area (Å²) in [6.45, 7) is 1.16. The lowest BCUT2D eigenvalue weighted by Gasteiger charge is -2.17. The maximum absolute atomic E-state index is 5.70. The van der Waals surface area contributed by atoms with E-state index in [0.29, 0.717) is 18.1 Å². The number of rotatable bonds is 7. The summed E-state index contributed by atoms with van der Waals surface area (Å²) in [5.41, 5.74) is 7.40. The van der Waals surface area contributed by atoms with Gasteiger partial charge in [-0.25, -0.2) is 0 Å². The Balaban J connectivity index is 2.74. The van der Waals surface area contributed by atoms with Gasteiger partial charge in [0.1, 0.15) is 4.99 Å². The molecule has 0 aliphatic carbocycles. The van der Waals surface area contributed by atoms with Gasteiger partial charge in [-0.2, -0.15) is 0 Å². The first-order chi connectivity index (χ1) is 8.58. The maximum Gasteiger partial charge on any atom is 0.106 e. The molecular weight excluding hydrogens is 316 g/mol. The predicted molar refractivity (Wildman–Crippen MR) is 81.2 cm³/mol. The van der Waals surface area contributed by atoms with Crippen LogP contribution >= 0.6 is 28.1 Å². The first kappa shape index (κ1) is 15.4. The Bertz CT molecular complexity index is 415. The highest BCUT2D eigenvalue weighted by atomic mass is 79.9. The van der Waals surface area contributed by atoms with Gasteiger partial charge >= 0.3 is 0 Å². The Morgan fingerprint density at radius 3 is 2.78 bits per heavy atom. The molecule has 0 aliphatic rings. The molecule has 0 amide bonds. The van der Waals surface area contributed by atoms with Gasteiger partial charge in [-0.1, -0.05) is 28.1 Å². The monoisotopic (exact) mass is 332 g/mol. The second-order valence-electron chi connectivity index (χ2n) is 3.75. The Morgan fingerprint density at radius 1 is 1.50 bits per heavy atom. The zero-order valence-corrected chi connectivity index (χ0v) is 12.8. The first-order valence-electron chi connectivity index (χ1n) is 5.43. The molecule has 0 spiro atoms. The highest BCUT2D eigenvalue weighted by Crippen LogP contribution is 2.21. The highest BCUT2D eigenvalue weighted by Gasteiger charge is 2.10. The molecule has 3 N–H and O–H groups in total. The van der Waals surface area contributed by atoms with Crippen molar-refractivity contribution in [3.05, 3.63) is 28.2 Å². The van der Waals surface area contributed by atoms with Gasteiger partial charge in [0.2, 0.25) is 0 Å². The van der Waals surface area contributed by atoms with Crippen LogP contribution in [0.25, 0.3) is 0 Å². The van der Waals surface area contributed by atoms with Crippen LogP contribution in [0.3, 0.4) is 0 Å². The summed E-state index contributed by atoms with van der Waals surface area (Å²) in [4.78, 5) is 0.361. The molecule has 1 rings (SSSR count). The van der Waals surface area contributed by atoms with Crippen molar-refractivity contribution in [1.82, 2.24) is 0 Å². The zero-order valence-electron chi connectivity index (χ0n) is 10.4. The fraction of sp³-hybridized carbons (Fsp3) is 0.417. The molecule has 0 saturated heterocycles. The topological polar surface area (TPSA) is 56.5 Å². The molecule has 0 bridgehead atoms. The van der Waals surface area contributed by atoms with Crippen molar-refractivity contribution in [1.29, 1.82) is 0 Å². The number of benzene rings is 1. The Kier molecular flexibility index (Phi) is 6.56. The van der Waals surface area contributed by atoms with Crippen molar-refractivity contribution in [2.24, 2.45) is 5.73 Å². The minimum Gasteiger partial charge on any atom is -0.389 e. The van der Waals surface area contributed by atoms with Gasteiger partial charge in [0.25, 0.3) is 0 Å². The van der Waals surface area contributed by atoms with E-state index in [9.17, 15) is 0 Å². The number of anilines is 1. The van der Waals surface area contributed by atoms with E-state index in [-0.39, 0.29) is 6.10 Å². The molecule has 1 atom stereocenters. The Labute approximate surface area is 121 Å². The fourth-order valence-electron chi connectivity index (χ4n) is 1.49. The molecule has 4 nitrogen and oxygen atoms in total. The number of ether oxygens (including phenoxy) is 2. The third kappa shape index (κ3) is 4.53. The largest absolute Gasteiger partial charge is 0.389 e. The van der Waals surface area contributed by atoms with E-state index in [1.807, 2.05) is 18.2 Å². The quantitative estimate of drug-likeness (QED) is 0.749. The number of methoxy groups -OCH3 is 2. The number of nitrogens with two attached hydrogens (primary N) is 1. The van der Waals surface area contributed by atoms with Crippen LogP contribution in [0.2, 0.25) is 0 Å². The summed E-state index contributed by atoms with van der Waals surface area (Å²) in [6, 6.07) is 5.75. The molecule has 0 saturated carbocycles. The second-order valence-corrected chi connectivity index (χ2v) is 5.10. The van der Waals surface area contributed by atoms with Crippen molar-refractivity contribution >= 4 is 38.8 Å². The van der Waals surface area contributed by atoms with E-state index in [2.05, 4.69) is 21.2 Å². The Hall–Kier alpha value is -0.690. The molecule has 6 heteroatoms. The minimum absolute atomic E-state index is 0.0159. The summed E-state index contributed by atoms with van der Waals surface area (Å²) in [6.07, 6.45) is -0.0159. The third-order valence-electron chi connectivity index (χ3n) is 2.45. The molecule has 0 aromatic heterocycles. The van der Waals surface area contributed by atoms with Crippen molar-refractivity contribution in [2.75, 3.05) is 32.7 Å². The summed E-state index contributed by atoms with van der Waals surface area (Å²) < 4.78 is 11.3. The third-order valence-corrected chi connectivity index (χ3v) is 3.17. The number of hydrogen-bond acceptors (Lipinski definition) is 4. The molecule has 0 fully saturated rings. The SMILES string of the molecule is COCC(CNc1ccc(Br)cc1C(N)=S)OC. The second kappa shape index (κ2) is 7.68. The number of halogens is 1. The van der Waals surface area contributed by atoms with Crippen LogP contribution in [0.15, 0.2) is 22.7 Å². The van der Waals surface area contributed by atoms with E-state index < -0.39 is 0 Å². The highest BCUT2D eigenvalue weighted by molar-refractivity contribution is 9.10. The predicted octanol–water partition coefficient (Wildman–Crippen LogP) is 2.16. The molecule has 0 radical (unpaired) electrons. The van der Waals surface area contributed by atoms with Crippen molar-refractivity contribution in [3.63, 3.8) is 0 Å². The average Bonchev–Trinajstić information content (AvgIpc) is 2.35. The summed E-state index contributed by atoms with van der Waals surface area (Å²) >= 11 is 8.43. The average molecular weight is 333 g/mol. The van der Waals surface area contributed by atoms with Crippen LogP contribution < -0.4 is 11.1 Å². The van der Waals surface area contributed by atoms with Crippen LogP contribution in [0.1, 0.15) is 5.56 Å². The standard InChI is InChI=1S/C12H17BrN2O2S/c1-16-7-9(17-2)6-15-11-4-3-8(13)5-10(11)12(14)18/h3-5,9,15H,6-7H2,1-2H3,(H2,14,18). The van der Waals surface area contributed by atoms with Gasteiger partial charge in [-0.05, 0) is 18.2 Å². The van der Waals surface area contributed by atoms with E-state index in [4.69, 9.17) is 27.4 Å². The molecule has 1 aromatic rings. The molecule has 0 aliphatic heterocycles. The van der Waals surface area contributed by atoms with Crippen LogP contribution in [0.4, 0.5) is 5.69 Å². The van der Waals surface area contributed by atoms with Gasteiger partial charge < -0.3 is 20.5 Å². The zero-order chi connectivity index (χ0) is 13.5. The normalized spacial score (nSPS) is 12.2. The van der Waals surface area contributed by atoms with Gasteiger partial charge in [0.15, 0.2) is 0 Å². The lowest BCUT2D eigenvalue weighted by molar-refractivity contribution is 0.0365. The van der Waals surface area contributed by atoms with Gasteiger partial charge in [0.05, 0.1) is 12.7 Å². The molecular formula is C12H17BrN2O2S.